The number of aromatic nitrogens is 3. The fourth-order valence-electron chi connectivity index (χ4n) is 2.71. The number of hydrogen-bond acceptors (Lipinski definition) is 5. The molecular formula is C18H19N3O4. The van der Waals surface area contributed by atoms with Gasteiger partial charge in [0.05, 0.1) is 24.4 Å². The van der Waals surface area contributed by atoms with E-state index in [-0.39, 0.29) is 23.7 Å². The van der Waals surface area contributed by atoms with Gasteiger partial charge in [-0.05, 0) is 32.0 Å². The van der Waals surface area contributed by atoms with Crippen molar-refractivity contribution < 1.29 is 14.6 Å². The Hall–Kier alpha value is -3.09. The van der Waals surface area contributed by atoms with Gasteiger partial charge in [0.2, 0.25) is 0 Å². The average molecular weight is 341 g/mol. The molecule has 0 aromatic carbocycles. The van der Waals surface area contributed by atoms with E-state index >= 15 is 0 Å². The van der Waals surface area contributed by atoms with Gasteiger partial charge in [-0.1, -0.05) is 0 Å². The Morgan fingerprint density at radius 2 is 2.12 bits per heavy atom. The van der Waals surface area contributed by atoms with Crippen molar-refractivity contribution >= 4 is 11.6 Å². The van der Waals surface area contributed by atoms with E-state index in [0.717, 1.165) is 23.1 Å². The number of aromatic hydroxyl groups is 1. The van der Waals surface area contributed by atoms with Crippen LogP contribution in [0.4, 0.5) is 0 Å². The van der Waals surface area contributed by atoms with E-state index in [1.165, 1.54) is 16.8 Å². The van der Waals surface area contributed by atoms with Crippen LogP contribution in [0.5, 0.6) is 5.75 Å². The molecule has 7 nitrogen and oxygen atoms in total. The van der Waals surface area contributed by atoms with Crippen LogP contribution in [0.25, 0.3) is 11.3 Å². The summed E-state index contributed by atoms with van der Waals surface area (Å²) in [5, 5.41) is 9.38. The lowest BCUT2D eigenvalue weighted by Gasteiger charge is -2.07. The van der Waals surface area contributed by atoms with Crippen molar-refractivity contribution in [3.63, 3.8) is 0 Å². The number of ether oxygens (including phenoxy) is 1. The van der Waals surface area contributed by atoms with Crippen molar-refractivity contribution in [3.05, 3.63) is 58.4 Å². The molecule has 0 radical (unpaired) electrons. The molecule has 0 fully saturated rings. The third-order valence-corrected chi connectivity index (χ3v) is 3.99. The molecule has 0 saturated carbocycles. The van der Waals surface area contributed by atoms with Crippen LogP contribution in [0, 0.1) is 6.92 Å². The smallest absolute Gasteiger partial charge is 0.306 e. The number of hydrogen-bond donors (Lipinski definition) is 1. The lowest BCUT2D eigenvalue weighted by atomic mass is 10.2. The Morgan fingerprint density at radius 3 is 2.84 bits per heavy atom. The lowest BCUT2D eigenvalue weighted by molar-refractivity contribution is -0.143. The summed E-state index contributed by atoms with van der Waals surface area (Å²) < 4.78 is 8.27. The Balaban J connectivity index is 1.94. The number of carbonyl (C=O) groups is 1. The minimum atomic E-state index is -0.320. The lowest BCUT2D eigenvalue weighted by Crippen LogP contribution is -2.16. The van der Waals surface area contributed by atoms with Gasteiger partial charge in [-0.25, -0.2) is 4.98 Å². The van der Waals surface area contributed by atoms with Crippen LogP contribution < -0.4 is 5.56 Å². The second-order valence-electron chi connectivity index (χ2n) is 5.66. The molecule has 0 saturated heterocycles. The van der Waals surface area contributed by atoms with E-state index in [9.17, 15) is 14.7 Å². The summed E-state index contributed by atoms with van der Waals surface area (Å²) in [5.41, 5.74) is 2.82. The van der Waals surface area contributed by atoms with E-state index in [1.807, 2.05) is 23.6 Å². The number of rotatable bonds is 5. The maximum absolute atomic E-state index is 12.0. The number of aryl methyl sites for hydroxylation is 2. The summed E-state index contributed by atoms with van der Waals surface area (Å²) in [7, 11) is 0. The van der Waals surface area contributed by atoms with Gasteiger partial charge in [0, 0.05) is 30.6 Å². The van der Waals surface area contributed by atoms with Crippen LogP contribution >= 0.6 is 0 Å². The summed E-state index contributed by atoms with van der Waals surface area (Å²) in [6, 6.07) is 6.22. The van der Waals surface area contributed by atoms with Gasteiger partial charge in [-0.3, -0.25) is 14.2 Å². The van der Waals surface area contributed by atoms with Gasteiger partial charge in [0.15, 0.2) is 0 Å². The average Bonchev–Trinajstić information content (AvgIpc) is 2.89. The third kappa shape index (κ3) is 3.40. The number of imidazole rings is 1. The van der Waals surface area contributed by atoms with E-state index in [2.05, 4.69) is 4.98 Å². The van der Waals surface area contributed by atoms with Gasteiger partial charge in [-0.15, -0.1) is 0 Å². The monoisotopic (exact) mass is 341 g/mol. The molecule has 0 amide bonds. The first kappa shape index (κ1) is 16.8. The number of fused-ring (bicyclic) bond motifs is 1. The molecule has 3 rings (SSSR count). The zero-order valence-corrected chi connectivity index (χ0v) is 14.1. The SMILES string of the molecule is CCOC(=O)CCc1nc2ccc(-n3ccc(O)cc3=O)cn2c1C. The zero-order chi connectivity index (χ0) is 18.0. The second kappa shape index (κ2) is 6.80. The van der Waals surface area contributed by atoms with Crippen molar-refractivity contribution in [1.29, 1.82) is 0 Å². The summed E-state index contributed by atoms with van der Waals surface area (Å²) >= 11 is 0. The van der Waals surface area contributed by atoms with Crippen LogP contribution in [0.15, 0.2) is 41.5 Å². The highest BCUT2D eigenvalue weighted by atomic mass is 16.5. The number of esters is 1. The fourth-order valence-corrected chi connectivity index (χ4v) is 2.71. The van der Waals surface area contributed by atoms with Crippen LogP contribution in [0.1, 0.15) is 24.7 Å². The van der Waals surface area contributed by atoms with Gasteiger partial charge >= 0.3 is 5.97 Å². The van der Waals surface area contributed by atoms with Crippen molar-refractivity contribution in [3.8, 4) is 11.4 Å². The first-order valence-corrected chi connectivity index (χ1v) is 8.05. The van der Waals surface area contributed by atoms with Crippen molar-refractivity contribution in [2.75, 3.05) is 6.61 Å². The molecule has 0 aliphatic heterocycles. The molecule has 7 heteroatoms. The normalized spacial score (nSPS) is 11.0. The van der Waals surface area contributed by atoms with Crippen LogP contribution in [0.2, 0.25) is 0 Å². The number of carbonyl (C=O) groups excluding carboxylic acids is 1. The summed E-state index contributed by atoms with van der Waals surface area (Å²) in [4.78, 5) is 28.1. The highest BCUT2D eigenvalue weighted by Crippen LogP contribution is 2.17. The zero-order valence-electron chi connectivity index (χ0n) is 14.1. The molecule has 0 atom stereocenters. The standard InChI is InChI=1S/C18H19N3O4/c1-3-25-18(24)7-5-15-12(2)21-11-13(4-6-16(21)19-15)20-9-8-14(22)10-17(20)23/h4,6,8-11,22H,3,5,7H2,1-2H3. The minimum absolute atomic E-state index is 0.0672. The molecular weight excluding hydrogens is 322 g/mol. The molecule has 0 unspecified atom stereocenters. The Morgan fingerprint density at radius 1 is 1.32 bits per heavy atom. The van der Waals surface area contributed by atoms with E-state index in [0.29, 0.717) is 18.7 Å². The fraction of sp³-hybridized carbons (Fsp3) is 0.278. The topological polar surface area (TPSA) is 85.8 Å². The Labute approximate surface area is 144 Å². The molecule has 130 valence electrons. The second-order valence-corrected chi connectivity index (χ2v) is 5.66. The number of pyridine rings is 2. The van der Waals surface area contributed by atoms with Crippen LogP contribution in [0.3, 0.4) is 0 Å². The molecule has 0 aliphatic carbocycles. The Kier molecular flexibility index (Phi) is 4.56. The quantitative estimate of drug-likeness (QED) is 0.717. The molecule has 3 aromatic heterocycles. The first-order valence-electron chi connectivity index (χ1n) is 8.05. The van der Waals surface area contributed by atoms with E-state index < -0.39 is 0 Å². The minimum Gasteiger partial charge on any atom is -0.508 e. The summed E-state index contributed by atoms with van der Waals surface area (Å²) in [6.07, 6.45) is 4.11. The van der Waals surface area contributed by atoms with Crippen molar-refractivity contribution in [2.45, 2.75) is 26.7 Å². The van der Waals surface area contributed by atoms with Crippen molar-refractivity contribution in [1.82, 2.24) is 14.0 Å². The highest BCUT2D eigenvalue weighted by Gasteiger charge is 2.12. The maximum Gasteiger partial charge on any atom is 0.306 e. The van der Waals surface area contributed by atoms with E-state index in [4.69, 9.17) is 4.74 Å². The van der Waals surface area contributed by atoms with Gasteiger partial charge in [-0.2, -0.15) is 0 Å². The molecule has 0 spiro atoms. The first-order chi connectivity index (χ1) is 12.0. The van der Waals surface area contributed by atoms with Crippen LogP contribution in [-0.4, -0.2) is 31.6 Å². The molecule has 3 heterocycles. The summed E-state index contributed by atoms with van der Waals surface area (Å²) in [6.45, 7) is 4.07. The molecule has 0 aliphatic rings. The Bertz CT molecular complexity index is 988. The maximum atomic E-state index is 12.0. The third-order valence-electron chi connectivity index (χ3n) is 3.99. The van der Waals surface area contributed by atoms with Gasteiger partial charge in [0.25, 0.3) is 5.56 Å². The predicted molar refractivity (Wildman–Crippen MR) is 92.1 cm³/mol. The molecule has 0 bridgehead atoms. The largest absolute Gasteiger partial charge is 0.508 e. The predicted octanol–water partition coefficient (Wildman–Crippen LogP) is 1.99. The van der Waals surface area contributed by atoms with Crippen molar-refractivity contribution in [2.24, 2.45) is 0 Å². The van der Waals surface area contributed by atoms with Gasteiger partial charge in [0.1, 0.15) is 11.4 Å². The molecule has 1 N–H and O–H groups in total. The number of nitrogens with zero attached hydrogens (tertiary/aromatic N) is 3. The van der Waals surface area contributed by atoms with Gasteiger partial charge < -0.3 is 14.2 Å². The highest BCUT2D eigenvalue weighted by molar-refractivity contribution is 5.69. The summed E-state index contributed by atoms with van der Waals surface area (Å²) in [5.74, 6) is -0.308. The van der Waals surface area contributed by atoms with Crippen LogP contribution in [-0.2, 0) is 16.0 Å². The molecule has 3 aromatic rings. The van der Waals surface area contributed by atoms with E-state index in [1.54, 1.807) is 13.0 Å². The molecule has 25 heavy (non-hydrogen) atoms.